The Kier molecular flexibility index (Phi) is 4.94. The van der Waals surface area contributed by atoms with E-state index in [2.05, 4.69) is 24.2 Å². The van der Waals surface area contributed by atoms with Crippen molar-refractivity contribution in [2.24, 2.45) is 5.92 Å². The van der Waals surface area contributed by atoms with Crippen LogP contribution in [0.2, 0.25) is 0 Å². The summed E-state index contributed by atoms with van der Waals surface area (Å²) in [6.07, 6.45) is 0.964. The molecule has 0 spiro atoms. The molecule has 1 atom stereocenters. The van der Waals surface area contributed by atoms with E-state index in [0.29, 0.717) is 12.4 Å². The number of carbonyl (C=O) groups excluding carboxylic acids is 1. The van der Waals surface area contributed by atoms with Crippen LogP contribution in [0.25, 0.3) is 0 Å². The molecule has 0 saturated heterocycles. The third-order valence-corrected chi connectivity index (χ3v) is 1.51. The molecule has 0 aliphatic carbocycles. The van der Waals surface area contributed by atoms with Crippen LogP contribution in [0.5, 0.6) is 0 Å². The number of rotatable bonds is 5. The first kappa shape index (κ1) is 9.43. The third-order valence-electron chi connectivity index (χ3n) is 1.51. The number of hydrogen-bond donors (Lipinski definition) is 1. The third kappa shape index (κ3) is 3.45. The summed E-state index contributed by atoms with van der Waals surface area (Å²) in [6.45, 7) is 6.61. The van der Waals surface area contributed by atoms with Crippen LogP contribution in [0.1, 0.15) is 27.2 Å². The molecule has 0 aromatic rings. The Hall–Kier alpha value is -0.570. The zero-order chi connectivity index (χ0) is 7.98. The molecule has 10 heavy (non-hydrogen) atoms. The first-order valence-corrected chi connectivity index (χ1v) is 3.57. The topological polar surface area (TPSA) is 38.3 Å². The van der Waals surface area contributed by atoms with E-state index in [9.17, 15) is 4.79 Å². The van der Waals surface area contributed by atoms with Crippen molar-refractivity contribution < 1.29 is 9.63 Å². The van der Waals surface area contributed by atoms with Gasteiger partial charge in [-0.15, -0.1) is 0 Å². The summed E-state index contributed by atoms with van der Waals surface area (Å²) in [5.41, 5.74) is 2.65. The SMILES string of the molecule is CCC(NOC=O)C(C)C. The van der Waals surface area contributed by atoms with Crippen LogP contribution in [0.15, 0.2) is 0 Å². The molecule has 0 heterocycles. The number of nitrogens with one attached hydrogen (secondary N) is 1. The summed E-state index contributed by atoms with van der Waals surface area (Å²) in [6, 6.07) is 0.269. The van der Waals surface area contributed by atoms with Crippen LogP contribution in [0, 0.1) is 5.92 Å². The van der Waals surface area contributed by atoms with E-state index in [0.717, 1.165) is 6.42 Å². The molecule has 0 saturated carbocycles. The molecule has 0 aromatic carbocycles. The highest BCUT2D eigenvalue weighted by Gasteiger charge is 2.09. The van der Waals surface area contributed by atoms with Gasteiger partial charge < -0.3 is 4.84 Å². The Morgan fingerprint density at radius 2 is 2.20 bits per heavy atom. The molecule has 0 radical (unpaired) electrons. The fourth-order valence-electron chi connectivity index (χ4n) is 0.806. The van der Waals surface area contributed by atoms with Crippen LogP contribution in [-0.2, 0) is 9.63 Å². The molecule has 1 N–H and O–H groups in total. The van der Waals surface area contributed by atoms with E-state index < -0.39 is 0 Å². The Morgan fingerprint density at radius 3 is 2.50 bits per heavy atom. The molecule has 3 nitrogen and oxygen atoms in total. The first-order valence-electron chi connectivity index (χ1n) is 3.57. The van der Waals surface area contributed by atoms with Crippen molar-refractivity contribution in [3.63, 3.8) is 0 Å². The highest BCUT2D eigenvalue weighted by Crippen LogP contribution is 2.04. The van der Waals surface area contributed by atoms with Gasteiger partial charge in [0.2, 0.25) is 0 Å². The van der Waals surface area contributed by atoms with Gasteiger partial charge in [0.25, 0.3) is 0 Å². The maximum absolute atomic E-state index is 9.76. The lowest BCUT2D eigenvalue weighted by molar-refractivity contribution is -0.137. The first-order chi connectivity index (χ1) is 4.72. The van der Waals surface area contributed by atoms with Gasteiger partial charge in [-0.2, -0.15) is 5.48 Å². The van der Waals surface area contributed by atoms with E-state index >= 15 is 0 Å². The van der Waals surface area contributed by atoms with Gasteiger partial charge in [-0.25, -0.2) is 0 Å². The molecule has 0 aromatic heterocycles. The summed E-state index contributed by atoms with van der Waals surface area (Å²) < 4.78 is 0. The minimum absolute atomic E-state index is 0.269. The summed E-state index contributed by atoms with van der Waals surface area (Å²) in [4.78, 5) is 14.2. The van der Waals surface area contributed by atoms with Crippen LogP contribution in [-0.4, -0.2) is 12.5 Å². The van der Waals surface area contributed by atoms with Gasteiger partial charge in [0, 0.05) is 6.04 Å². The summed E-state index contributed by atoms with van der Waals surface area (Å²) in [5, 5.41) is 0. The molecule has 0 aliphatic rings. The predicted molar refractivity (Wildman–Crippen MR) is 39.2 cm³/mol. The molecule has 0 bridgehead atoms. The molecule has 0 aliphatic heterocycles. The van der Waals surface area contributed by atoms with Gasteiger partial charge in [-0.1, -0.05) is 20.8 Å². The summed E-state index contributed by atoms with van der Waals surface area (Å²) in [5.74, 6) is 0.491. The second-order valence-electron chi connectivity index (χ2n) is 2.59. The van der Waals surface area contributed by atoms with Gasteiger partial charge in [0.15, 0.2) is 0 Å². The van der Waals surface area contributed by atoms with Gasteiger partial charge >= 0.3 is 6.47 Å². The largest absolute Gasteiger partial charge is 0.373 e. The Labute approximate surface area is 61.7 Å². The highest BCUT2D eigenvalue weighted by molar-refractivity contribution is 5.36. The fourth-order valence-corrected chi connectivity index (χ4v) is 0.806. The fraction of sp³-hybridized carbons (Fsp3) is 0.857. The number of carbonyl (C=O) groups is 1. The summed E-state index contributed by atoms with van der Waals surface area (Å²) in [7, 11) is 0. The van der Waals surface area contributed by atoms with E-state index in [1.807, 2.05) is 6.92 Å². The van der Waals surface area contributed by atoms with Crippen molar-refractivity contribution in [3.05, 3.63) is 0 Å². The second kappa shape index (κ2) is 5.23. The van der Waals surface area contributed by atoms with Crippen molar-refractivity contribution in [2.45, 2.75) is 33.2 Å². The smallest absolute Gasteiger partial charge is 0.312 e. The van der Waals surface area contributed by atoms with Crippen molar-refractivity contribution in [1.82, 2.24) is 5.48 Å². The maximum Gasteiger partial charge on any atom is 0.312 e. The average Bonchev–Trinajstić information content (AvgIpc) is 1.89. The van der Waals surface area contributed by atoms with Crippen LogP contribution >= 0.6 is 0 Å². The standard InChI is InChI=1S/C7H15NO2/c1-4-7(6(2)3)8-10-5-9/h5-8H,4H2,1-3H3. The van der Waals surface area contributed by atoms with Gasteiger partial charge in [0.1, 0.15) is 0 Å². The lowest BCUT2D eigenvalue weighted by atomic mass is 10.0. The quantitative estimate of drug-likeness (QED) is 0.465. The number of hydrogen-bond acceptors (Lipinski definition) is 3. The van der Waals surface area contributed by atoms with Crippen molar-refractivity contribution >= 4 is 6.47 Å². The summed E-state index contributed by atoms with van der Waals surface area (Å²) >= 11 is 0. The molecule has 60 valence electrons. The second-order valence-corrected chi connectivity index (χ2v) is 2.59. The minimum Gasteiger partial charge on any atom is -0.373 e. The van der Waals surface area contributed by atoms with Crippen molar-refractivity contribution in [1.29, 1.82) is 0 Å². The lowest BCUT2D eigenvalue weighted by Crippen LogP contribution is -2.32. The van der Waals surface area contributed by atoms with E-state index in [1.165, 1.54) is 0 Å². The van der Waals surface area contributed by atoms with Gasteiger partial charge in [-0.05, 0) is 12.3 Å². The molecule has 0 amide bonds. The maximum atomic E-state index is 9.76. The molecular weight excluding hydrogens is 130 g/mol. The Balaban J connectivity index is 3.49. The van der Waals surface area contributed by atoms with E-state index in [4.69, 9.17) is 0 Å². The van der Waals surface area contributed by atoms with Crippen LogP contribution in [0.4, 0.5) is 0 Å². The normalized spacial score (nSPS) is 13.2. The minimum atomic E-state index is 0.269. The molecule has 0 rings (SSSR count). The monoisotopic (exact) mass is 145 g/mol. The van der Waals surface area contributed by atoms with Gasteiger partial charge in [-0.3, -0.25) is 4.79 Å². The zero-order valence-corrected chi connectivity index (χ0v) is 6.76. The van der Waals surface area contributed by atoms with Crippen molar-refractivity contribution in [3.8, 4) is 0 Å². The predicted octanol–water partition coefficient (Wildman–Crippen LogP) is 1.10. The van der Waals surface area contributed by atoms with Crippen LogP contribution in [0.3, 0.4) is 0 Å². The zero-order valence-electron chi connectivity index (χ0n) is 6.76. The Morgan fingerprint density at radius 1 is 1.60 bits per heavy atom. The average molecular weight is 145 g/mol. The molecule has 1 unspecified atom stereocenters. The van der Waals surface area contributed by atoms with Gasteiger partial charge in [0.05, 0.1) is 0 Å². The van der Waals surface area contributed by atoms with Crippen LogP contribution < -0.4 is 5.48 Å². The lowest BCUT2D eigenvalue weighted by Gasteiger charge is -2.17. The molecular formula is C7H15NO2. The molecule has 3 heteroatoms. The van der Waals surface area contributed by atoms with Crippen molar-refractivity contribution in [2.75, 3.05) is 0 Å². The molecule has 0 fully saturated rings. The number of hydroxylamine groups is 1. The Bertz CT molecular complexity index is 93.6. The van der Waals surface area contributed by atoms with E-state index in [1.54, 1.807) is 0 Å². The highest BCUT2D eigenvalue weighted by atomic mass is 16.7. The van der Waals surface area contributed by atoms with E-state index in [-0.39, 0.29) is 6.04 Å².